The van der Waals surface area contributed by atoms with Crippen LogP contribution in [0.3, 0.4) is 0 Å². The Kier molecular flexibility index (Phi) is 2.54. The zero-order chi connectivity index (χ0) is 14.4. The van der Waals surface area contributed by atoms with Gasteiger partial charge in [0.2, 0.25) is 0 Å². The summed E-state index contributed by atoms with van der Waals surface area (Å²) in [4.78, 5) is 12.4. The SMILES string of the molecule is CC1=C(c2ccc(O)cc2)C(=O)c2cc(O)c(O)cc21. The highest BCUT2D eigenvalue weighted by Gasteiger charge is 2.29. The van der Waals surface area contributed by atoms with Crippen LogP contribution in [0.15, 0.2) is 36.4 Å². The average molecular weight is 268 g/mol. The molecule has 20 heavy (non-hydrogen) atoms. The first kappa shape index (κ1) is 12.3. The predicted octanol–water partition coefficient (Wildman–Crippen LogP) is 2.93. The number of benzene rings is 2. The molecule has 1 aliphatic carbocycles. The van der Waals surface area contributed by atoms with Crippen molar-refractivity contribution >= 4 is 16.9 Å². The molecule has 0 saturated carbocycles. The number of hydrogen-bond donors (Lipinski definition) is 3. The van der Waals surface area contributed by atoms with Crippen molar-refractivity contribution in [3.05, 3.63) is 53.1 Å². The summed E-state index contributed by atoms with van der Waals surface area (Å²) in [5.41, 5.74) is 2.95. The molecule has 100 valence electrons. The molecule has 1 aliphatic rings. The molecule has 0 aliphatic heterocycles. The molecule has 0 radical (unpaired) electrons. The third kappa shape index (κ3) is 1.66. The highest BCUT2D eigenvalue weighted by Crippen LogP contribution is 2.42. The number of fused-ring (bicyclic) bond motifs is 1. The first-order valence-corrected chi connectivity index (χ1v) is 6.10. The van der Waals surface area contributed by atoms with Crippen molar-refractivity contribution in [1.82, 2.24) is 0 Å². The van der Waals surface area contributed by atoms with E-state index in [1.165, 1.54) is 24.3 Å². The van der Waals surface area contributed by atoms with E-state index in [2.05, 4.69) is 0 Å². The monoisotopic (exact) mass is 268 g/mol. The van der Waals surface area contributed by atoms with Crippen molar-refractivity contribution in [3.8, 4) is 17.2 Å². The Morgan fingerprint density at radius 2 is 1.40 bits per heavy atom. The number of rotatable bonds is 1. The number of allylic oxidation sites excluding steroid dienone is 2. The molecule has 0 unspecified atom stereocenters. The van der Waals surface area contributed by atoms with Crippen LogP contribution in [0.2, 0.25) is 0 Å². The Labute approximate surface area is 115 Å². The Morgan fingerprint density at radius 1 is 0.850 bits per heavy atom. The van der Waals surface area contributed by atoms with E-state index in [4.69, 9.17) is 0 Å². The van der Waals surface area contributed by atoms with Gasteiger partial charge in [-0.25, -0.2) is 0 Å². The summed E-state index contributed by atoms with van der Waals surface area (Å²) in [7, 11) is 0. The first-order chi connectivity index (χ1) is 9.49. The van der Waals surface area contributed by atoms with Crippen molar-refractivity contribution in [2.75, 3.05) is 0 Å². The van der Waals surface area contributed by atoms with Crippen LogP contribution in [0.25, 0.3) is 11.1 Å². The number of Topliss-reactive ketones (excluding diaryl/α,β-unsaturated/α-hetero) is 1. The molecule has 0 spiro atoms. The lowest BCUT2D eigenvalue weighted by atomic mass is 10.0. The van der Waals surface area contributed by atoms with Crippen LogP contribution in [-0.4, -0.2) is 21.1 Å². The Balaban J connectivity index is 2.19. The molecule has 0 amide bonds. The minimum Gasteiger partial charge on any atom is -0.508 e. The van der Waals surface area contributed by atoms with E-state index in [1.807, 2.05) is 0 Å². The van der Waals surface area contributed by atoms with Crippen LogP contribution in [0.1, 0.15) is 28.4 Å². The van der Waals surface area contributed by atoms with Crippen molar-refractivity contribution < 1.29 is 20.1 Å². The largest absolute Gasteiger partial charge is 0.508 e. The summed E-state index contributed by atoms with van der Waals surface area (Å²) in [6.45, 7) is 1.79. The molecular weight excluding hydrogens is 256 g/mol. The van der Waals surface area contributed by atoms with Gasteiger partial charge in [-0.3, -0.25) is 4.79 Å². The summed E-state index contributed by atoms with van der Waals surface area (Å²) in [5, 5.41) is 28.4. The summed E-state index contributed by atoms with van der Waals surface area (Å²) in [5.74, 6) is -0.622. The van der Waals surface area contributed by atoms with E-state index in [0.717, 1.165) is 5.57 Å². The molecule has 3 N–H and O–H groups in total. The molecule has 2 aromatic rings. The van der Waals surface area contributed by atoms with E-state index < -0.39 is 0 Å². The minimum atomic E-state index is -0.308. The van der Waals surface area contributed by atoms with Gasteiger partial charge in [0.15, 0.2) is 17.3 Å². The van der Waals surface area contributed by atoms with E-state index >= 15 is 0 Å². The Bertz CT molecular complexity index is 755. The van der Waals surface area contributed by atoms with Gasteiger partial charge in [0.25, 0.3) is 0 Å². The summed E-state index contributed by atoms with van der Waals surface area (Å²) in [6, 6.07) is 9.03. The number of aromatic hydroxyl groups is 3. The van der Waals surface area contributed by atoms with E-state index in [0.29, 0.717) is 22.3 Å². The van der Waals surface area contributed by atoms with Gasteiger partial charge in [-0.05, 0) is 47.9 Å². The summed E-state index contributed by atoms with van der Waals surface area (Å²) < 4.78 is 0. The molecule has 4 heteroatoms. The smallest absolute Gasteiger partial charge is 0.194 e. The number of carbonyl (C=O) groups is 1. The predicted molar refractivity (Wildman–Crippen MR) is 74.7 cm³/mol. The number of phenols is 3. The molecule has 0 fully saturated rings. The van der Waals surface area contributed by atoms with Gasteiger partial charge >= 0.3 is 0 Å². The fourth-order valence-corrected chi connectivity index (χ4v) is 2.49. The molecule has 0 heterocycles. The van der Waals surface area contributed by atoms with Crippen LogP contribution in [0.5, 0.6) is 17.2 Å². The minimum absolute atomic E-state index is 0.130. The average Bonchev–Trinajstić information content (AvgIpc) is 2.65. The molecule has 0 bridgehead atoms. The van der Waals surface area contributed by atoms with E-state index in [9.17, 15) is 20.1 Å². The van der Waals surface area contributed by atoms with Gasteiger partial charge < -0.3 is 15.3 Å². The van der Waals surface area contributed by atoms with Gasteiger partial charge in [-0.1, -0.05) is 12.1 Å². The quantitative estimate of drug-likeness (QED) is 0.695. The second-order valence-electron chi connectivity index (χ2n) is 4.76. The Hall–Kier alpha value is -2.75. The Morgan fingerprint density at radius 3 is 2.00 bits per heavy atom. The second kappa shape index (κ2) is 4.13. The van der Waals surface area contributed by atoms with Gasteiger partial charge in [0.05, 0.1) is 0 Å². The van der Waals surface area contributed by atoms with Crippen LogP contribution >= 0.6 is 0 Å². The topological polar surface area (TPSA) is 77.8 Å². The number of ketones is 1. The standard InChI is InChI=1S/C16H12O4/c1-8-11-6-13(18)14(19)7-12(11)16(20)15(8)9-2-4-10(17)5-3-9/h2-7,17-19H,1H3. The maximum absolute atomic E-state index is 12.4. The normalized spacial score (nSPS) is 13.8. The summed E-state index contributed by atoms with van der Waals surface area (Å²) in [6.07, 6.45) is 0. The van der Waals surface area contributed by atoms with Crippen LogP contribution in [0.4, 0.5) is 0 Å². The molecule has 0 atom stereocenters. The van der Waals surface area contributed by atoms with Crippen molar-refractivity contribution in [3.63, 3.8) is 0 Å². The maximum Gasteiger partial charge on any atom is 0.194 e. The van der Waals surface area contributed by atoms with E-state index in [1.54, 1.807) is 19.1 Å². The third-order valence-electron chi connectivity index (χ3n) is 3.52. The zero-order valence-corrected chi connectivity index (χ0v) is 10.7. The van der Waals surface area contributed by atoms with Gasteiger partial charge in [-0.2, -0.15) is 0 Å². The van der Waals surface area contributed by atoms with Crippen molar-refractivity contribution in [2.24, 2.45) is 0 Å². The fourth-order valence-electron chi connectivity index (χ4n) is 2.49. The van der Waals surface area contributed by atoms with Gasteiger partial charge in [0.1, 0.15) is 5.75 Å². The molecule has 4 nitrogen and oxygen atoms in total. The second-order valence-corrected chi connectivity index (χ2v) is 4.76. The molecule has 3 rings (SSSR count). The van der Waals surface area contributed by atoms with Crippen LogP contribution in [-0.2, 0) is 0 Å². The number of phenolic OH excluding ortho intramolecular Hbond substituents is 3. The lowest BCUT2D eigenvalue weighted by molar-refractivity contribution is 0.105. The van der Waals surface area contributed by atoms with E-state index in [-0.39, 0.29) is 23.0 Å². The molecule has 2 aromatic carbocycles. The lowest BCUT2D eigenvalue weighted by Gasteiger charge is -2.03. The maximum atomic E-state index is 12.4. The highest BCUT2D eigenvalue weighted by atomic mass is 16.3. The van der Waals surface area contributed by atoms with Crippen LogP contribution < -0.4 is 0 Å². The fraction of sp³-hybridized carbons (Fsp3) is 0.0625. The molecular formula is C16H12O4. The van der Waals surface area contributed by atoms with Gasteiger partial charge in [0, 0.05) is 11.1 Å². The molecule has 0 aromatic heterocycles. The number of carbonyl (C=O) groups excluding carboxylic acids is 1. The van der Waals surface area contributed by atoms with Crippen molar-refractivity contribution in [1.29, 1.82) is 0 Å². The lowest BCUT2D eigenvalue weighted by Crippen LogP contribution is -1.98. The summed E-state index contributed by atoms with van der Waals surface area (Å²) >= 11 is 0. The van der Waals surface area contributed by atoms with Gasteiger partial charge in [-0.15, -0.1) is 0 Å². The molecule has 0 saturated heterocycles. The number of hydrogen-bond acceptors (Lipinski definition) is 4. The third-order valence-corrected chi connectivity index (χ3v) is 3.52. The zero-order valence-electron chi connectivity index (χ0n) is 10.7. The van der Waals surface area contributed by atoms with Crippen molar-refractivity contribution in [2.45, 2.75) is 6.92 Å². The van der Waals surface area contributed by atoms with Crippen LogP contribution in [0, 0.1) is 0 Å². The first-order valence-electron chi connectivity index (χ1n) is 6.10. The highest BCUT2D eigenvalue weighted by molar-refractivity contribution is 6.39.